The van der Waals surface area contributed by atoms with Crippen LogP contribution in [-0.4, -0.2) is 47.8 Å². The molecule has 6 heteroatoms. The van der Waals surface area contributed by atoms with Crippen molar-refractivity contribution in [2.24, 2.45) is 0 Å². The second-order valence-electron chi connectivity index (χ2n) is 5.54. The molecule has 21 heavy (non-hydrogen) atoms. The fourth-order valence-corrected chi connectivity index (χ4v) is 2.94. The topological polar surface area (TPSA) is 70.1 Å². The Morgan fingerprint density at radius 1 is 1.38 bits per heavy atom. The number of anilines is 1. The SMILES string of the molecule is CN1Cc2ccccc2N(CC2CCC(C(=O)O)O2)C1=O. The van der Waals surface area contributed by atoms with Gasteiger partial charge in [-0.3, -0.25) is 4.90 Å². The number of carboxylic acids is 1. The average molecular weight is 290 g/mol. The molecule has 1 N–H and O–H groups in total. The molecule has 1 saturated heterocycles. The Balaban J connectivity index is 1.78. The number of hydrogen-bond donors (Lipinski definition) is 1. The summed E-state index contributed by atoms with van der Waals surface area (Å²) in [6, 6.07) is 7.70. The van der Waals surface area contributed by atoms with Crippen LogP contribution in [0.15, 0.2) is 24.3 Å². The Labute approximate surface area is 122 Å². The number of benzene rings is 1. The number of urea groups is 1. The molecule has 0 saturated carbocycles. The first-order valence-electron chi connectivity index (χ1n) is 7.05. The maximum atomic E-state index is 12.4. The number of fused-ring (bicyclic) bond motifs is 1. The minimum atomic E-state index is -0.931. The van der Waals surface area contributed by atoms with Gasteiger partial charge in [0.2, 0.25) is 0 Å². The summed E-state index contributed by atoms with van der Waals surface area (Å²) >= 11 is 0. The van der Waals surface area contributed by atoms with Crippen LogP contribution in [0.2, 0.25) is 0 Å². The van der Waals surface area contributed by atoms with E-state index in [1.807, 2.05) is 24.3 Å². The Bertz CT molecular complexity index is 575. The highest BCUT2D eigenvalue weighted by Gasteiger charge is 2.35. The number of nitrogens with zero attached hydrogens (tertiary/aromatic N) is 2. The number of para-hydroxylation sites is 1. The zero-order chi connectivity index (χ0) is 15.0. The monoisotopic (exact) mass is 290 g/mol. The Hall–Kier alpha value is -2.08. The molecule has 0 aromatic heterocycles. The summed E-state index contributed by atoms with van der Waals surface area (Å²) in [5.41, 5.74) is 1.98. The highest BCUT2D eigenvalue weighted by Crippen LogP contribution is 2.30. The summed E-state index contributed by atoms with van der Waals surface area (Å²) < 4.78 is 5.51. The number of carbonyl (C=O) groups is 2. The van der Waals surface area contributed by atoms with E-state index in [1.54, 1.807) is 16.8 Å². The van der Waals surface area contributed by atoms with Gasteiger partial charge in [-0.05, 0) is 24.5 Å². The molecule has 2 atom stereocenters. The van der Waals surface area contributed by atoms with Gasteiger partial charge in [0.25, 0.3) is 0 Å². The molecule has 0 radical (unpaired) electrons. The molecule has 1 aromatic carbocycles. The zero-order valence-corrected chi connectivity index (χ0v) is 11.9. The molecular weight excluding hydrogens is 272 g/mol. The number of amides is 2. The van der Waals surface area contributed by atoms with Gasteiger partial charge in [-0.25, -0.2) is 9.59 Å². The molecule has 3 rings (SSSR count). The van der Waals surface area contributed by atoms with E-state index in [-0.39, 0.29) is 12.1 Å². The van der Waals surface area contributed by atoms with Crippen LogP contribution >= 0.6 is 0 Å². The van der Waals surface area contributed by atoms with Crippen molar-refractivity contribution in [3.63, 3.8) is 0 Å². The second kappa shape index (κ2) is 5.37. The lowest BCUT2D eigenvalue weighted by Gasteiger charge is -2.36. The lowest BCUT2D eigenvalue weighted by Crippen LogP contribution is -2.48. The van der Waals surface area contributed by atoms with E-state index in [2.05, 4.69) is 0 Å². The summed E-state index contributed by atoms with van der Waals surface area (Å²) in [5, 5.41) is 8.97. The summed E-state index contributed by atoms with van der Waals surface area (Å²) in [7, 11) is 1.76. The lowest BCUT2D eigenvalue weighted by molar-refractivity contribution is -0.149. The molecular formula is C15H18N2O4. The normalized spacial score (nSPS) is 25.1. The van der Waals surface area contributed by atoms with Crippen molar-refractivity contribution in [1.29, 1.82) is 0 Å². The van der Waals surface area contributed by atoms with Crippen LogP contribution < -0.4 is 4.90 Å². The largest absolute Gasteiger partial charge is 0.479 e. The minimum absolute atomic E-state index is 0.0731. The quantitative estimate of drug-likeness (QED) is 0.919. The van der Waals surface area contributed by atoms with Gasteiger partial charge in [-0.2, -0.15) is 0 Å². The Morgan fingerprint density at radius 3 is 2.86 bits per heavy atom. The highest BCUT2D eigenvalue weighted by atomic mass is 16.5. The van der Waals surface area contributed by atoms with Crippen LogP contribution in [0.4, 0.5) is 10.5 Å². The highest BCUT2D eigenvalue weighted by molar-refractivity contribution is 5.94. The summed E-state index contributed by atoms with van der Waals surface area (Å²) in [5.74, 6) is -0.931. The van der Waals surface area contributed by atoms with Crippen molar-refractivity contribution in [3.8, 4) is 0 Å². The average Bonchev–Trinajstić information content (AvgIpc) is 2.93. The Kier molecular flexibility index (Phi) is 3.55. The maximum Gasteiger partial charge on any atom is 0.332 e. The van der Waals surface area contributed by atoms with Crippen molar-refractivity contribution in [3.05, 3.63) is 29.8 Å². The van der Waals surface area contributed by atoms with Crippen molar-refractivity contribution in [1.82, 2.24) is 4.90 Å². The van der Waals surface area contributed by atoms with Gasteiger partial charge >= 0.3 is 12.0 Å². The third-order valence-corrected chi connectivity index (χ3v) is 4.02. The van der Waals surface area contributed by atoms with Gasteiger partial charge in [-0.1, -0.05) is 18.2 Å². The molecule has 2 aliphatic heterocycles. The predicted molar refractivity (Wildman–Crippen MR) is 76.2 cm³/mol. The summed E-state index contributed by atoms with van der Waals surface area (Å²) in [6.07, 6.45) is 0.184. The van der Waals surface area contributed by atoms with Gasteiger partial charge < -0.3 is 14.7 Å². The van der Waals surface area contributed by atoms with Crippen LogP contribution in [0.5, 0.6) is 0 Å². The smallest absolute Gasteiger partial charge is 0.332 e. The van der Waals surface area contributed by atoms with Crippen molar-refractivity contribution in [2.45, 2.75) is 31.6 Å². The first kappa shape index (κ1) is 13.9. The summed E-state index contributed by atoms with van der Waals surface area (Å²) in [6.45, 7) is 0.985. The Morgan fingerprint density at radius 2 is 2.14 bits per heavy atom. The van der Waals surface area contributed by atoms with Crippen LogP contribution in [0.1, 0.15) is 18.4 Å². The molecule has 0 spiro atoms. The fraction of sp³-hybridized carbons (Fsp3) is 0.467. The number of aliphatic carboxylic acids is 1. The second-order valence-corrected chi connectivity index (χ2v) is 5.54. The van der Waals surface area contributed by atoms with Crippen LogP contribution in [-0.2, 0) is 16.1 Å². The predicted octanol–water partition coefficient (Wildman–Crippen LogP) is 1.69. The first-order valence-corrected chi connectivity index (χ1v) is 7.05. The zero-order valence-electron chi connectivity index (χ0n) is 11.9. The third kappa shape index (κ3) is 2.58. The van der Waals surface area contributed by atoms with Gasteiger partial charge in [0, 0.05) is 13.6 Å². The number of carbonyl (C=O) groups excluding carboxylic acids is 1. The molecule has 0 bridgehead atoms. The fourth-order valence-electron chi connectivity index (χ4n) is 2.94. The van der Waals surface area contributed by atoms with Gasteiger partial charge in [0.15, 0.2) is 6.10 Å². The van der Waals surface area contributed by atoms with Crippen molar-refractivity contribution < 1.29 is 19.4 Å². The van der Waals surface area contributed by atoms with Crippen LogP contribution in [0.3, 0.4) is 0 Å². The standard InChI is InChI=1S/C15H18N2O4/c1-16-8-10-4-2-3-5-12(10)17(15(16)20)9-11-6-7-13(21-11)14(18)19/h2-5,11,13H,6-9H2,1H3,(H,18,19). The molecule has 2 unspecified atom stereocenters. The van der Waals surface area contributed by atoms with E-state index in [0.717, 1.165) is 11.3 Å². The molecule has 2 aliphatic rings. The number of hydrogen-bond acceptors (Lipinski definition) is 3. The molecule has 2 heterocycles. The maximum absolute atomic E-state index is 12.4. The number of rotatable bonds is 3. The van der Waals surface area contributed by atoms with E-state index in [0.29, 0.717) is 25.9 Å². The van der Waals surface area contributed by atoms with Crippen molar-refractivity contribution in [2.75, 3.05) is 18.5 Å². The molecule has 112 valence electrons. The van der Waals surface area contributed by atoms with E-state index in [4.69, 9.17) is 9.84 Å². The van der Waals surface area contributed by atoms with Gasteiger partial charge in [0.05, 0.1) is 18.3 Å². The van der Waals surface area contributed by atoms with Gasteiger partial charge in [-0.15, -0.1) is 0 Å². The van der Waals surface area contributed by atoms with E-state index in [1.165, 1.54) is 0 Å². The number of ether oxygens (including phenoxy) is 1. The first-order chi connectivity index (χ1) is 10.1. The van der Waals surface area contributed by atoms with E-state index in [9.17, 15) is 9.59 Å². The van der Waals surface area contributed by atoms with Gasteiger partial charge in [0.1, 0.15) is 0 Å². The van der Waals surface area contributed by atoms with E-state index >= 15 is 0 Å². The molecule has 1 aromatic rings. The van der Waals surface area contributed by atoms with Crippen LogP contribution in [0.25, 0.3) is 0 Å². The molecule has 1 fully saturated rings. The van der Waals surface area contributed by atoms with Crippen LogP contribution in [0, 0.1) is 0 Å². The molecule has 6 nitrogen and oxygen atoms in total. The molecule has 2 amide bonds. The minimum Gasteiger partial charge on any atom is -0.479 e. The third-order valence-electron chi connectivity index (χ3n) is 4.02. The molecule has 0 aliphatic carbocycles. The van der Waals surface area contributed by atoms with E-state index < -0.39 is 12.1 Å². The lowest BCUT2D eigenvalue weighted by atomic mass is 10.1. The number of carboxylic acid groups (broad SMARTS) is 1. The summed E-state index contributed by atoms with van der Waals surface area (Å²) in [4.78, 5) is 26.7. The van der Waals surface area contributed by atoms with Crippen molar-refractivity contribution >= 4 is 17.7 Å².